The van der Waals surface area contributed by atoms with Gasteiger partial charge < -0.3 is 19.7 Å². The Labute approximate surface area is 248 Å². The number of ether oxygens (including phenoxy) is 2. The van der Waals surface area contributed by atoms with Crippen molar-refractivity contribution in [3.63, 3.8) is 0 Å². The molecule has 11 nitrogen and oxygen atoms in total. The molecule has 0 radical (unpaired) electrons. The van der Waals surface area contributed by atoms with Gasteiger partial charge >= 0.3 is 12.0 Å². The van der Waals surface area contributed by atoms with E-state index in [-0.39, 0.29) is 30.9 Å². The van der Waals surface area contributed by atoms with Gasteiger partial charge in [0.1, 0.15) is 12.1 Å². The molecule has 43 heavy (non-hydrogen) atoms. The number of fused-ring (bicyclic) bond motifs is 1. The van der Waals surface area contributed by atoms with Crippen molar-refractivity contribution in [3.8, 4) is 0 Å². The molecule has 5 rings (SSSR count). The number of methoxy groups -OCH3 is 1. The summed E-state index contributed by atoms with van der Waals surface area (Å²) in [6.45, 7) is 0.131. The minimum Gasteiger partial charge on any atom is -0.467 e. The summed E-state index contributed by atoms with van der Waals surface area (Å²) in [5.41, 5.74) is 1.87. The Morgan fingerprint density at radius 1 is 0.884 bits per heavy atom. The molecule has 0 saturated carbocycles. The predicted octanol–water partition coefficient (Wildman–Crippen LogP) is 3.16. The Hall–Kier alpha value is -5.03. The first-order chi connectivity index (χ1) is 20.9. The van der Waals surface area contributed by atoms with Crippen LogP contribution in [0, 0.1) is 0 Å². The molecule has 2 heterocycles. The average molecular weight is 585 g/mol. The van der Waals surface area contributed by atoms with Gasteiger partial charge in [-0.15, -0.1) is 0 Å². The van der Waals surface area contributed by atoms with Crippen LogP contribution in [0.5, 0.6) is 0 Å². The predicted molar refractivity (Wildman–Crippen MR) is 154 cm³/mol. The highest BCUT2D eigenvalue weighted by atomic mass is 16.5. The summed E-state index contributed by atoms with van der Waals surface area (Å²) >= 11 is 0. The smallest absolute Gasteiger partial charge is 0.337 e. The van der Waals surface area contributed by atoms with Crippen LogP contribution in [0.2, 0.25) is 0 Å². The summed E-state index contributed by atoms with van der Waals surface area (Å²) in [5.74, 6) is -2.38. The molecule has 0 aliphatic carbocycles. The number of carbonyl (C=O) groups excluding carboxylic acids is 5. The fourth-order valence-corrected chi connectivity index (χ4v) is 5.26. The first kappa shape index (κ1) is 29.5. The zero-order valence-corrected chi connectivity index (χ0v) is 23.7. The van der Waals surface area contributed by atoms with E-state index < -0.39 is 41.8 Å². The van der Waals surface area contributed by atoms with Crippen LogP contribution >= 0.6 is 0 Å². The van der Waals surface area contributed by atoms with Gasteiger partial charge in [-0.3, -0.25) is 14.4 Å². The largest absolute Gasteiger partial charge is 0.467 e. The number of hydrogen-bond acceptors (Lipinski definition) is 7. The molecule has 1 fully saturated rings. The second-order valence-corrected chi connectivity index (χ2v) is 10.2. The van der Waals surface area contributed by atoms with Crippen LogP contribution in [-0.4, -0.2) is 77.0 Å². The summed E-state index contributed by atoms with van der Waals surface area (Å²) in [5, 5.41) is 4.49. The maximum atomic E-state index is 14.0. The number of hydrogen-bond donors (Lipinski definition) is 1. The zero-order chi connectivity index (χ0) is 30.3. The van der Waals surface area contributed by atoms with Crippen molar-refractivity contribution >= 4 is 29.7 Å². The number of rotatable bonds is 10. The number of nitrogens with one attached hydrogen (secondary N) is 1. The molecule has 222 valence electrons. The summed E-state index contributed by atoms with van der Waals surface area (Å²) < 4.78 is 10.8. The maximum Gasteiger partial charge on any atom is 0.337 e. The van der Waals surface area contributed by atoms with Gasteiger partial charge in [-0.1, -0.05) is 72.8 Å². The molecule has 0 spiro atoms. The van der Waals surface area contributed by atoms with E-state index in [2.05, 4.69) is 5.32 Å². The van der Waals surface area contributed by atoms with E-state index in [4.69, 9.17) is 9.47 Å². The van der Waals surface area contributed by atoms with Crippen molar-refractivity contribution in [1.82, 2.24) is 20.2 Å². The van der Waals surface area contributed by atoms with Gasteiger partial charge in [0.15, 0.2) is 0 Å². The second kappa shape index (κ2) is 13.3. The molecule has 1 saturated heterocycles. The van der Waals surface area contributed by atoms with Gasteiger partial charge in [0.25, 0.3) is 11.8 Å². The molecule has 1 unspecified atom stereocenters. The lowest BCUT2D eigenvalue weighted by atomic mass is 10.1. The quantitative estimate of drug-likeness (QED) is 0.287. The SMILES string of the molecule is COC(=O)[C@@H]1CCCN1C(=O)C(COCc1ccccc1)NC(=O)N(Cc1ccccc1)N1C(=O)c2ccccc2C1=O. The summed E-state index contributed by atoms with van der Waals surface area (Å²) in [7, 11) is 1.26. The van der Waals surface area contributed by atoms with Gasteiger partial charge in [-0.05, 0) is 36.1 Å². The maximum absolute atomic E-state index is 14.0. The number of benzene rings is 3. The van der Waals surface area contributed by atoms with Crippen LogP contribution in [0.4, 0.5) is 4.79 Å². The molecule has 2 atom stereocenters. The molecule has 5 amide bonds. The summed E-state index contributed by atoms with van der Waals surface area (Å²) in [6, 6.07) is 21.7. The highest BCUT2D eigenvalue weighted by molar-refractivity contribution is 6.21. The van der Waals surface area contributed by atoms with Gasteiger partial charge in [-0.2, -0.15) is 5.01 Å². The number of likely N-dealkylation sites (tertiary alicyclic amines) is 1. The summed E-state index contributed by atoms with van der Waals surface area (Å²) in [6.07, 6.45) is 1.02. The number of carbonyl (C=O) groups is 5. The highest BCUT2D eigenvalue weighted by Gasteiger charge is 2.43. The second-order valence-electron chi connectivity index (χ2n) is 10.2. The van der Waals surface area contributed by atoms with E-state index >= 15 is 0 Å². The summed E-state index contributed by atoms with van der Waals surface area (Å²) in [4.78, 5) is 68.3. The fourth-order valence-electron chi connectivity index (χ4n) is 5.26. The monoisotopic (exact) mass is 584 g/mol. The number of amides is 5. The molecule has 0 aromatic heterocycles. The Morgan fingerprint density at radius 3 is 2.07 bits per heavy atom. The first-order valence-electron chi connectivity index (χ1n) is 14.0. The number of hydrazine groups is 1. The van der Waals surface area contributed by atoms with E-state index in [1.165, 1.54) is 24.1 Å². The van der Waals surface area contributed by atoms with Crippen LogP contribution in [0.3, 0.4) is 0 Å². The highest BCUT2D eigenvalue weighted by Crippen LogP contribution is 2.26. The molecule has 3 aromatic carbocycles. The minimum atomic E-state index is -1.23. The van der Waals surface area contributed by atoms with Crippen LogP contribution in [0.15, 0.2) is 84.9 Å². The lowest BCUT2D eigenvalue weighted by Gasteiger charge is -2.33. The van der Waals surface area contributed by atoms with Gasteiger partial charge in [-0.25, -0.2) is 14.6 Å². The molecule has 2 aliphatic rings. The number of imide groups is 1. The molecular weight excluding hydrogens is 552 g/mol. The van der Waals surface area contributed by atoms with Crippen LogP contribution < -0.4 is 5.32 Å². The molecule has 2 aliphatic heterocycles. The normalized spacial score (nSPS) is 16.5. The third kappa shape index (κ3) is 6.41. The average Bonchev–Trinajstić information content (AvgIpc) is 3.63. The van der Waals surface area contributed by atoms with Gasteiger partial charge in [0.2, 0.25) is 5.91 Å². The van der Waals surface area contributed by atoms with Crippen LogP contribution in [0.25, 0.3) is 0 Å². The molecular formula is C32H32N4O7. The molecule has 0 bridgehead atoms. The zero-order valence-electron chi connectivity index (χ0n) is 23.7. The lowest BCUT2D eigenvalue weighted by Crippen LogP contribution is -2.59. The minimum absolute atomic E-state index is 0.127. The lowest BCUT2D eigenvalue weighted by molar-refractivity contribution is -0.152. The van der Waals surface area contributed by atoms with E-state index in [0.29, 0.717) is 24.9 Å². The molecule has 1 N–H and O–H groups in total. The number of urea groups is 1. The Morgan fingerprint density at radius 2 is 1.47 bits per heavy atom. The molecule has 11 heteroatoms. The van der Waals surface area contributed by atoms with Crippen molar-refractivity contribution in [2.45, 2.75) is 38.1 Å². The Balaban J connectivity index is 1.42. The van der Waals surface area contributed by atoms with E-state index in [1.807, 2.05) is 36.4 Å². The van der Waals surface area contributed by atoms with Gasteiger partial charge in [0, 0.05) is 6.54 Å². The topological polar surface area (TPSA) is 126 Å². The Kier molecular flexibility index (Phi) is 9.11. The van der Waals surface area contributed by atoms with E-state index in [0.717, 1.165) is 15.6 Å². The van der Waals surface area contributed by atoms with Crippen molar-refractivity contribution in [2.75, 3.05) is 20.3 Å². The van der Waals surface area contributed by atoms with Crippen LogP contribution in [-0.2, 0) is 32.2 Å². The van der Waals surface area contributed by atoms with Crippen molar-refractivity contribution in [3.05, 3.63) is 107 Å². The third-order valence-electron chi connectivity index (χ3n) is 7.42. The Bertz CT molecular complexity index is 1460. The number of esters is 1. The van der Waals surface area contributed by atoms with E-state index in [9.17, 15) is 24.0 Å². The standard InChI is InChI=1S/C32H32N4O7/c1-42-31(40)27-17-10-18-34(27)30(39)26(21-43-20-23-13-6-3-7-14-23)33-32(41)35(19-22-11-4-2-5-12-22)36-28(37)24-15-8-9-16-25(24)29(36)38/h2-9,11-16,26-27H,10,17-21H2,1H3,(H,33,41)/t26?,27-/m0/s1. The molecule has 3 aromatic rings. The number of nitrogens with zero attached hydrogens (tertiary/aromatic N) is 3. The van der Waals surface area contributed by atoms with Crippen molar-refractivity contribution < 1.29 is 33.4 Å². The van der Waals surface area contributed by atoms with Crippen molar-refractivity contribution in [2.24, 2.45) is 0 Å². The third-order valence-corrected chi connectivity index (χ3v) is 7.42. The first-order valence-corrected chi connectivity index (χ1v) is 14.0. The fraction of sp³-hybridized carbons (Fsp3) is 0.281. The van der Waals surface area contributed by atoms with Gasteiger partial charge in [0.05, 0.1) is 38.0 Å². The van der Waals surface area contributed by atoms with Crippen LogP contribution in [0.1, 0.15) is 44.7 Å². The van der Waals surface area contributed by atoms with E-state index in [1.54, 1.807) is 36.4 Å². The van der Waals surface area contributed by atoms with Crippen molar-refractivity contribution in [1.29, 1.82) is 0 Å².